The highest BCUT2D eigenvalue weighted by atomic mass is 35.5. The lowest BCUT2D eigenvalue weighted by atomic mass is 10.1. The van der Waals surface area contributed by atoms with E-state index >= 15 is 0 Å². The van der Waals surface area contributed by atoms with Gasteiger partial charge in [0.2, 0.25) is 0 Å². The van der Waals surface area contributed by atoms with Gasteiger partial charge < -0.3 is 15.0 Å². The van der Waals surface area contributed by atoms with E-state index in [1.54, 1.807) is 12.5 Å². The molecule has 0 bridgehead atoms. The predicted molar refractivity (Wildman–Crippen MR) is 110 cm³/mol. The molecule has 2 N–H and O–H groups in total. The minimum absolute atomic E-state index is 0.0161. The van der Waals surface area contributed by atoms with Crippen LogP contribution in [0.1, 0.15) is 34.5 Å². The molecule has 0 spiro atoms. The van der Waals surface area contributed by atoms with Crippen molar-refractivity contribution >= 4 is 17.5 Å². The van der Waals surface area contributed by atoms with Gasteiger partial charge in [0.05, 0.1) is 19.0 Å². The van der Waals surface area contributed by atoms with Gasteiger partial charge >= 0.3 is 0 Å². The zero-order valence-electron chi connectivity index (χ0n) is 15.6. The lowest BCUT2D eigenvalue weighted by Crippen LogP contribution is -2.20. The minimum Gasteiger partial charge on any atom is -0.372 e. The maximum Gasteiger partial charge on any atom is 0.268 e. The molecule has 0 radical (unpaired) electrons. The Hall–Kier alpha value is -2.63. The SMILES string of the molecule is NC(=O)c1cn(CC(CCCc2ccccc2Cl)OCc2ccccc2)cn1. The van der Waals surface area contributed by atoms with Crippen molar-refractivity contribution in [1.82, 2.24) is 9.55 Å². The first-order chi connectivity index (χ1) is 13.6. The van der Waals surface area contributed by atoms with Crippen LogP contribution in [0.15, 0.2) is 67.1 Å². The van der Waals surface area contributed by atoms with E-state index in [-0.39, 0.29) is 11.8 Å². The molecule has 1 unspecified atom stereocenters. The van der Waals surface area contributed by atoms with Gasteiger partial charge in [-0.3, -0.25) is 4.79 Å². The number of hydrogen-bond acceptors (Lipinski definition) is 3. The monoisotopic (exact) mass is 397 g/mol. The number of nitrogens with two attached hydrogens (primary N) is 1. The van der Waals surface area contributed by atoms with Crippen molar-refractivity contribution in [2.24, 2.45) is 5.73 Å². The van der Waals surface area contributed by atoms with Crippen LogP contribution in [0.5, 0.6) is 0 Å². The van der Waals surface area contributed by atoms with Crippen LogP contribution < -0.4 is 5.73 Å². The van der Waals surface area contributed by atoms with Gasteiger partial charge in [0.1, 0.15) is 5.69 Å². The molecule has 0 aliphatic rings. The number of benzene rings is 2. The molecular weight excluding hydrogens is 374 g/mol. The second-order valence-electron chi connectivity index (χ2n) is 6.72. The van der Waals surface area contributed by atoms with E-state index in [2.05, 4.69) is 11.1 Å². The summed E-state index contributed by atoms with van der Waals surface area (Å²) in [5, 5.41) is 0.796. The summed E-state index contributed by atoms with van der Waals surface area (Å²) < 4.78 is 8.02. The predicted octanol–water partition coefficient (Wildman–Crippen LogP) is 4.24. The maximum atomic E-state index is 11.3. The number of aromatic nitrogens is 2. The molecular formula is C22H24ClN3O2. The Morgan fingerprint density at radius 2 is 1.89 bits per heavy atom. The first-order valence-electron chi connectivity index (χ1n) is 9.32. The van der Waals surface area contributed by atoms with E-state index in [0.29, 0.717) is 13.2 Å². The average molecular weight is 398 g/mol. The van der Waals surface area contributed by atoms with Gasteiger partial charge in [0.15, 0.2) is 0 Å². The molecule has 0 saturated heterocycles. The van der Waals surface area contributed by atoms with Crippen LogP contribution in [-0.2, 0) is 24.3 Å². The van der Waals surface area contributed by atoms with Crippen molar-refractivity contribution in [2.75, 3.05) is 0 Å². The zero-order chi connectivity index (χ0) is 19.8. The van der Waals surface area contributed by atoms with Gasteiger partial charge in [-0.25, -0.2) is 4.98 Å². The van der Waals surface area contributed by atoms with E-state index in [1.807, 2.05) is 53.1 Å². The molecule has 0 aliphatic carbocycles. The molecule has 0 aliphatic heterocycles. The van der Waals surface area contributed by atoms with E-state index in [1.165, 1.54) is 0 Å². The zero-order valence-corrected chi connectivity index (χ0v) is 16.4. The molecule has 1 heterocycles. The fourth-order valence-electron chi connectivity index (χ4n) is 3.06. The fraction of sp³-hybridized carbons (Fsp3) is 0.273. The van der Waals surface area contributed by atoms with E-state index < -0.39 is 5.91 Å². The Kier molecular flexibility index (Phi) is 7.23. The number of nitrogens with zero attached hydrogens (tertiary/aromatic N) is 2. The molecule has 5 nitrogen and oxygen atoms in total. The van der Waals surface area contributed by atoms with Crippen molar-refractivity contribution in [2.45, 2.75) is 38.5 Å². The second kappa shape index (κ2) is 10.1. The topological polar surface area (TPSA) is 70.1 Å². The largest absolute Gasteiger partial charge is 0.372 e. The van der Waals surface area contributed by atoms with E-state index in [0.717, 1.165) is 35.4 Å². The minimum atomic E-state index is -0.528. The van der Waals surface area contributed by atoms with Crippen molar-refractivity contribution < 1.29 is 9.53 Å². The molecule has 1 aromatic heterocycles. The van der Waals surface area contributed by atoms with Crippen molar-refractivity contribution in [3.05, 3.63) is 89.0 Å². The van der Waals surface area contributed by atoms with Crippen LogP contribution in [0, 0.1) is 0 Å². The fourth-order valence-corrected chi connectivity index (χ4v) is 3.29. The molecule has 146 valence electrons. The first-order valence-corrected chi connectivity index (χ1v) is 9.70. The third-order valence-corrected chi connectivity index (χ3v) is 4.93. The lowest BCUT2D eigenvalue weighted by Gasteiger charge is -2.19. The van der Waals surface area contributed by atoms with Gasteiger partial charge in [-0.15, -0.1) is 0 Å². The van der Waals surface area contributed by atoms with Crippen LogP contribution in [0.25, 0.3) is 0 Å². The van der Waals surface area contributed by atoms with Gasteiger partial charge in [-0.05, 0) is 36.5 Å². The van der Waals surface area contributed by atoms with Crippen LogP contribution in [0.2, 0.25) is 5.02 Å². The molecule has 3 aromatic rings. The molecule has 3 rings (SSSR count). The molecule has 2 aromatic carbocycles. The number of ether oxygens (including phenoxy) is 1. The van der Waals surface area contributed by atoms with Crippen molar-refractivity contribution in [3.63, 3.8) is 0 Å². The van der Waals surface area contributed by atoms with Gasteiger partial charge in [-0.1, -0.05) is 60.1 Å². The summed E-state index contributed by atoms with van der Waals surface area (Å²) in [5.41, 5.74) is 7.82. The lowest BCUT2D eigenvalue weighted by molar-refractivity contribution is 0.0225. The summed E-state index contributed by atoms with van der Waals surface area (Å²) in [6.45, 7) is 1.14. The van der Waals surface area contributed by atoms with Crippen LogP contribution in [0.3, 0.4) is 0 Å². The summed E-state index contributed by atoms with van der Waals surface area (Å²) in [6, 6.07) is 18.0. The number of hydrogen-bond donors (Lipinski definition) is 1. The summed E-state index contributed by atoms with van der Waals surface area (Å²) in [5.74, 6) is -0.528. The molecule has 1 atom stereocenters. The van der Waals surface area contributed by atoms with Gasteiger partial charge in [-0.2, -0.15) is 0 Å². The highest BCUT2D eigenvalue weighted by molar-refractivity contribution is 6.31. The molecule has 0 saturated carbocycles. The highest BCUT2D eigenvalue weighted by Gasteiger charge is 2.13. The number of amides is 1. The Morgan fingerprint density at radius 1 is 1.14 bits per heavy atom. The van der Waals surface area contributed by atoms with Crippen molar-refractivity contribution in [3.8, 4) is 0 Å². The Morgan fingerprint density at radius 3 is 2.61 bits per heavy atom. The van der Waals surface area contributed by atoms with Gasteiger partial charge in [0.25, 0.3) is 5.91 Å². The third-order valence-electron chi connectivity index (χ3n) is 4.56. The number of imidazole rings is 1. The summed E-state index contributed by atoms with van der Waals surface area (Å²) >= 11 is 6.26. The Bertz CT molecular complexity index is 896. The Labute approximate surface area is 170 Å². The second-order valence-corrected chi connectivity index (χ2v) is 7.13. The smallest absolute Gasteiger partial charge is 0.268 e. The number of carbonyl (C=O) groups excluding carboxylic acids is 1. The number of carbonyl (C=O) groups is 1. The summed E-state index contributed by atoms with van der Waals surface area (Å²) in [7, 11) is 0. The highest BCUT2D eigenvalue weighted by Crippen LogP contribution is 2.19. The number of primary amides is 1. The Balaban J connectivity index is 1.61. The van der Waals surface area contributed by atoms with Crippen molar-refractivity contribution in [1.29, 1.82) is 0 Å². The summed E-state index contributed by atoms with van der Waals surface area (Å²) in [4.78, 5) is 15.3. The average Bonchev–Trinajstić information content (AvgIpc) is 3.17. The van der Waals surface area contributed by atoms with E-state index in [4.69, 9.17) is 22.1 Å². The van der Waals surface area contributed by atoms with Crippen LogP contribution in [-0.4, -0.2) is 21.6 Å². The normalized spacial score (nSPS) is 12.0. The third kappa shape index (κ3) is 5.94. The number of halogens is 1. The number of aryl methyl sites for hydroxylation is 1. The van der Waals surface area contributed by atoms with Gasteiger partial charge in [0, 0.05) is 17.8 Å². The maximum absolute atomic E-state index is 11.3. The molecule has 28 heavy (non-hydrogen) atoms. The standard InChI is InChI=1S/C22H24ClN3O2/c23-20-12-5-4-9-18(20)10-6-11-19(28-15-17-7-2-1-3-8-17)13-26-14-21(22(24)27)25-16-26/h1-5,7-9,12,14,16,19H,6,10-11,13,15H2,(H2,24,27). The molecule has 1 amide bonds. The quantitative estimate of drug-likeness (QED) is 0.556. The molecule has 0 fully saturated rings. The van der Waals surface area contributed by atoms with Crippen LogP contribution >= 0.6 is 11.6 Å². The molecule has 6 heteroatoms. The summed E-state index contributed by atoms with van der Waals surface area (Å²) in [6.07, 6.45) is 5.96. The first kappa shape index (κ1) is 20.1. The number of rotatable bonds is 10. The van der Waals surface area contributed by atoms with Crippen LogP contribution in [0.4, 0.5) is 0 Å². The van der Waals surface area contributed by atoms with E-state index in [9.17, 15) is 4.79 Å².